The van der Waals surface area contributed by atoms with Crippen molar-refractivity contribution in [1.29, 1.82) is 0 Å². The summed E-state index contributed by atoms with van der Waals surface area (Å²) in [6, 6.07) is 12.5. The molecule has 2 heterocycles. The summed E-state index contributed by atoms with van der Waals surface area (Å²) in [6.07, 6.45) is 0. The summed E-state index contributed by atoms with van der Waals surface area (Å²) in [4.78, 5) is 0. The van der Waals surface area contributed by atoms with Crippen LogP contribution in [0.3, 0.4) is 0 Å². The lowest BCUT2D eigenvalue weighted by Gasteiger charge is -2.13. The topological polar surface area (TPSA) is 29.9 Å². The van der Waals surface area contributed by atoms with Crippen LogP contribution >= 0.6 is 0 Å². The lowest BCUT2D eigenvalue weighted by atomic mass is 10.1. The molecule has 3 nitrogen and oxygen atoms in total. The molecule has 3 rings (SSSR count). The van der Waals surface area contributed by atoms with Gasteiger partial charge in [-0.05, 0) is 6.07 Å². The summed E-state index contributed by atoms with van der Waals surface area (Å²) in [5, 5.41) is 7.94. The van der Waals surface area contributed by atoms with Gasteiger partial charge in [-0.2, -0.15) is 5.10 Å². The SMILES string of the molecule is c1ccc(-c2cc3n(n2)CCNC3)cc1. The molecule has 0 radical (unpaired) electrons. The van der Waals surface area contributed by atoms with E-state index < -0.39 is 0 Å². The Balaban J connectivity index is 2.03. The van der Waals surface area contributed by atoms with Crippen LogP contribution in [0, 0.1) is 0 Å². The van der Waals surface area contributed by atoms with Crippen LogP contribution in [0.5, 0.6) is 0 Å². The Bertz CT molecular complexity index is 435. The van der Waals surface area contributed by atoms with Crippen molar-refractivity contribution in [3.8, 4) is 11.3 Å². The molecule has 0 amide bonds. The summed E-state index contributed by atoms with van der Waals surface area (Å²) in [7, 11) is 0. The van der Waals surface area contributed by atoms with Gasteiger partial charge in [-0.3, -0.25) is 4.68 Å². The molecule has 0 fully saturated rings. The van der Waals surface area contributed by atoms with Gasteiger partial charge in [0, 0.05) is 18.7 Å². The average Bonchev–Trinajstić information content (AvgIpc) is 2.74. The number of hydrogen-bond acceptors (Lipinski definition) is 2. The van der Waals surface area contributed by atoms with E-state index in [1.165, 1.54) is 11.3 Å². The Morgan fingerprint density at radius 1 is 1.20 bits per heavy atom. The van der Waals surface area contributed by atoms with E-state index in [1.807, 2.05) is 18.2 Å². The Morgan fingerprint density at radius 2 is 2.07 bits per heavy atom. The zero-order valence-electron chi connectivity index (χ0n) is 8.48. The molecular formula is C12H13N3. The minimum atomic E-state index is 0.930. The fourth-order valence-electron chi connectivity index (χ4n) is 1.94. The van der Waals surface area contributed by atoms with Crippen molar-refractivity contribution in [3.63, 3.8) is 0 Å². The molecule has 0 saturated heterocycles. The van der Waals surface area contributed by atoms with E-state index in [0.29, 0.717) is 0 Å². The molecule has 1 N–H and O–H groups in total. The van der Waals surface area contributed by atoms with Gasteiger partial charge in [-0.25, -0.2) is 0 Å². The molecule has 1 aliphatic rings. The number of fused-ring (bicyclic) bond motifs is 1. The summed E-state index contributed by atoms with van der Waals surface area (Å²) in [6.45, 7) is 2.92. The average molecular weight is 199 g/mol. The predicted molar refractivity (Wildman–Crippen MR) is 59.4 cm³/mol. The maximum Gasteiger partial charge on any atom is 0.0926 e. The summed E-state index contributed by atoms with van der Waals surface area (Å²) >= 11 is 0. The Morgan fingerprint density at radius 3 is 2.87 bits per heavy atom. The summed E-state index contributed by atoms with van der Waals surface area (Å²) in [5.74, 6) is 0. The quantitative estimate of drug-likeness (QED) is 0.757. The molecule has 0 aliphatic carbocycles. The molecule has 0 spiro atoms. The van der Waals surface area contributed by atoms with Crippen molar-refractivity contribution in [2.24, 2.45) is 0 Å². The molecular weight excluding hydrogens is 186 g/mol. The lowest BCUT2D eigenvalue weighted by molar-refractivity contribution is 0.476. The lowest BCUT2D eigenvalue weighted by Crippen LogP contribution is -2.28. The Labute approximate surface area is 88.7 Å². The smallest absolute Gasteiger partial charge is 0.0926 e. The minimum absolute atomic E-state index is 0.930. The molecule has 1 aliphatic heterocycles. The zero-order valence-corrected chi connectivity index (χ0v) is 8.48. The monoisotopic (exact) mass is 199 g/mol. The fraction of sp³-hybridized carbons (Fsp3) is 0.250. The first kappa shape index (κ1) is 8.68. The molecule has 2 aromatic rings. The highest BCUT2D eigenvalue weighted by atomic mass is 15.3. The van der Waals surface area contributed by atoms with Gasteiger partial charge in [0.15, 0.2) is 0 Å². The normalized spacial score (nSPS) is 14.9. The molecule has 15 heavy (non-hydrogen) atoms. The molecule has 1 aromatic carbocycles. The van der Waals surface area contributed by atoms with E-state index >= 15 is 0 Å². The van der Waals surface area contributed by atoms with Crippen molar-refractivity contribution in [2.45, 2.75) is 13.1 Å². The van der Waals surface area contributed by atoms with Crippen LogP contribution in [-0.4, -0.2) is 16.3 Å². The largest absolute Gasteiger partial charge is 0.309 e. The fourth-order valence-corrected chi connectivity index (χ4v) is 1.94. The highest BCUT2D eigenvalue weighted by Gasteiger charge is 2.11. The summed E-state index contributed by atoms with van der Waals surface area (Å²) < 4.78 is 2.10. The van der Waals surface area contributed by atoms with E-state index in [4.69, 9.17) is 0 Å². The van der Waals surface area contributed by atoms with Crippen LogP contribution in [0.15, 0.2) is 36.4 Å². The van der Waals surface area contributed by atoms with Gasteiger partial charge in [0.2, 0.25) is 0 Å². The molecule has 1 aromatic heterocycles. The first-order valence-corrected chi connectivity index (χ1v) is 5.26. The molecule has 0 bridgehead atoms. The highest BCUT2D eigenvalue weighted by molar-refractivity contribution is 5.59. The van der Waals surface area contributed by atoms with Gasteiger partial charge in [0.05, 0.1) is 17.9 Å². The number of nitrogens with one attached hydrogen (secondary N) is 1. The second-order valence-corrected chi connectivity index (χ2v) is 3.79. The van der Waals surface area contributed by atoms with Crippen LogP contribution in [0.1, 0.15) is 5.69 Å². The molecule has 76 valence electrons. The van der Waals surface area contributed by atoms with Crippen LogP contribution in [0.2, 0.25) is 0 Å². The standard InChI is InChI=1S/C12H13N3/c1-2-4-10(5-3-1)12-8-11-9-13-6-7-15(11)14-12/h1-5,8,13H,6-7,9H2. The van der Waals surface area contributed by atoms with Gasteiger partial charge < -0.3 is 5.32 Å². The first-order valence-electron chi connectivity index (χ1n) is 5.26. The minimum Gasteiger partial charge on any atom is -0.309 e. The second-order valence-electron chi connectivity index (χ2n) is 3.79. The maximum absolute atomic E-state index is 4.60. The molecule has 3 heteroatoms. The summed E-state index contributed by atoms with van der Waals surface area (Å²) in [5.41, 5.74) is 3.55. The number of nitrogens with zero attached hydrogens (tertiary/aromatic N) is 2. The van der Waals surface area contributed by atoms with Gasteiger partial charge in [-0.1, -0.05) is 30.3 Å². The van der Waals surface area contributed by atoms with E-state index in [1.54, 1.807) is 0 Å². The number of hydrogen-bond donors (Lipinski definition) is 1. The van der Waals surface area contributed by atoms with Crippen molar-refractivity contribution in [2.75, 3.05) is 6.54 Å². The third kappa shape index (κ3) is 1.55. The molecule has 0 unspecified atom stereocenters. The second kappa shape index (κ2) is 3.51. The van der Waals surface area contributed by atoms with Crippen LogP contribution in [-0.2, 0) is 13.1 Å². The van der Waals surface area contributed by atoms with Crippen LogP contribution < -0.4 is 5.32 Å². The van der Waals surface area contributed by atoms with Crippen molar-refractivity contribution >= 4 is 0 Å². The van der Waals surface area contributed by atoms with Gasteiger partial charge in [-0.15, -0.1) is 0 Å². The Hall–Kier alpha value is -1.61. The van der Waals surface area contributed by atoms with Gasteiger partial charge in [0.1, 0.15) is 0 Å². The third-order valence-corrected chi connectivity index (χ3v) is 2.74. The molecule has 0 saturated carbocycles. The zero-order chi connectivity index (χ0) is 10.1. The Kier molecular flexibility index (Phi) is 2.03. The maximum atomic E-state index is 4.60. The predicted octanol–water partition coefficient (Wildman–Crippen LogP) is 1.65. The van der Waals surface area contributed by atoms with Gasteiger partial charge >= 0.3 is 0 Å². The first-order chi connectivity index (χ1) is 7.43. The number of benzene rings is 1. The van der Waals surface area contributed by atoms with Gasteiger partial charge in [0.25, 0.3) is 0 Å². The molecule has 0 atom stereocenters. The highest BCUT2D eigenvalue weighted by Crippen LogP contribution is 2.19. The van der Waals surface area contributed by atoms with Crippen molar-refractivity contribution in [1.82, 2.24) is 15.1 Å². The van der Waals surface area contributed by atoms with Crippen LogP contribution in [0.25, 0.3) is 11.3 Å². The van der Waals surface area contributed by atoms with E-state index in [0.717, 1.165) is 25.3 Å². The number of aromatic nitrogens is 2. The number of rotatable bonds is 1. The van der Waals surface area contributed by atoms with Crippen LogP contribution in [0.4, 0.5) is 0 Å². The van der Waals surface area contributed by atoms with E-state index in [-0.39, 0.29) is 0 Å². The van der Waals surface area contributed by atoms with Crippen molar-refractivity contribution in [3.05, 3.63) is 42.1 Å². The van der Waals surface area contributed by atoms with Crippen molar-refractivity contribution < 1.29 is 0 Å². The third-order valence-electron chi connectivity index (χ3n) is 2.74. The van der Waals surface area contributed by atoms with E-state index in [2.05, 4.69) is 33.3 Å². The van der Waals surface area contributed by atoms with E-state index in [9.17, 15) is 0 Å².